The van der Waals surface area contributed by atoms with Crippen LogP contribution in [0.25, 0.3) is 0 Å². The molecule has 0 amide bonds. The van der Waals surface area contributed by atoms with Crippen LogP contribution in [-0.2, 0) is 9.53 Å². The zero-order chi connectivity index (χ0) is 12.7. The van der Waals surface area contributed by atoms with Gasteiger partial charge >= 0.3 is 5.97 Å². The summed E-state index contributed by atoms with van der Waals surface area (Å²) in [4.78, 5) is 14.1. The lowest BCUT2D eigenvalue weighted by Crippen LogP contribution is -2.41. The molecule has 17 heavy (non-hydrogen) atoms. The minimum atomic E-state index is 0.000319. The SMILES string of the molecule is CCCC(C)CN1CCCC(C(=O)OCC)C1. The van der Waals surface area contributed by atoms with Gasteiger partial charge in [0.25, 0.3) is 0 Å². The highest BCUT2D eigenvalue weighted by molar-refractivity contribution is 5.72. The molecule has 1 aliphatic heterocycles. The molecule has 2 atom stereocenters. The first kappa shape index (κ1) is 14.5. The molecule has 0 aromatic heterocycles. The van der Waals surface area contributed by atoms with E-state index >= 15 is 0 Å². The summed E-state index contributed by atoms with van der Waals surface area (Å²) < 4.78 is 5.12. The maximum atomic E-state index is 11.7. The third-order valence-corrected chi connectivity index (χ3v) is 3.48. The average molecular weight is 241 g/mol. The lowest BCUT2D eigenvalue weighted by Gasteiger charge is -2.33. The first-order valence-electron chi connectivity index (χ1n) is 7.06. The molecule has 0 N–H and O–H groups in total. The maximum absolute atomic E-state index is 11.7. The van der Waals surface area contributed by atoms with Gasteiger partial charge in [-0.15, -0.1) is 0 Å². The van der Waals surface area contributed by atoms with Crippen molar-refractivity contribution in [1.82, 2.24) is 4.90 Å². The normalized spacial score (nSPS) is 23.4. The van der Waals surface area contributed by atoms with Crippen LogP contribution in [0.15, 0.2) is 0 Å². The number of nitrogens with zero attached hydrogens (tertiary/aromatic N) is 1. The third-order valence-electron chi connectivity index (χ3n) is 3.48. The highest BCUT2D eigenvalue weighted by Crippen LogP contribution is 2.19. The Bertz CT molecular complexity index is 230. The fourth-order valence-corrected chi connectivity index (χ4v) is 2.70. The van der Waals surface area contributed by atoms with Crippen molar-refractivity contribution in [3.05, 3.63) is 0 Å². The summed E-state index contributed by atoms with van der Waals surface area (Å²) in [5.41, 5.74) is 0. The highest BCUT2D eigenvalue weighted by atomic mass is 16.5. The first-order valence-corrected chi connectivity index (χ1v) is 7.06. The van der Waals surface area contributed by atoms with Crippen molar-refractivity contribution in [3.8, 4) is 0 Å². The van der Waals surface area contributed by atoms with Gasteiger partial charge in [-0.25, -0.2) is 0 Å². The van der Waals surface area contributed by atoms with Crippen LogP contribution in [0.3, 0.4) is 0 Å². The summed E-state index contributed by atoms with van der Waals surface area (Å²) in [6.45, 7) is 10.1. The minimum absolute atomic E-state index is 0.000319. The number of hydrogen-bond donors (Lipinski definition) is 0. The maximum Gasteiger partial charge on any atom is 0.310 e. The Morgan fingerprint density at radius 1 is 1.47 bits per heavy atom. The third kappa shape index (κ3) is 5.07. The largest absolute Gasteiger partial charge is 0.466 e. The summed E-state index contributed by atoms with van der Waals surface area (Å²) in [5, 5.41) is 0. The van der Waals surface area contributed by atoms with E-state index in [2.05, 4.69) is 18.7 Å². The van der Waals surface area contributed by atoms with E-state index in [1.54, 1.807) is 0 Å². The van der Waals surface area contributed by atoms with Gasteiger partial charge in [-0.2, -0.15) is 0 Å². The van der Waals surface area contributed by atoms with Gasteiger partial charge in [0.1, 0.15) is 0 Å². The van der Waals surface area contributed by atoms with Gasteiger partial charge in [-0.3, -0.25) is 4.79 Å². The van der Waals surface area contributed by atoms with Crippen molar-refractivity contribution in [2.75, 3.05) is 26.2 Å². The summed E-state index contributed by atoms with van der Waals surface area (Å²) in [6, 6.07) is 0. The molecule has 1 heterocycles. The van der Waals surface area contributed by atoms with Crippen molar-refractivity contribution >= 4 is 5.97 Å². The zero-order valence-electron chi connectivity index (χ0n) is 11.6. The number of carbonyl (C=O) groups is 1. The number of ether oxygens (including phenoxy) is 1. The monoisotopic (exact) mass is 241 g/mol. The van der Waals surface area contributed by atoms with E-state index in [0.717, 1.165) is 38.4 Å². The molecule has 0 aromatic carbocycles. The van der Waals surface area contributed by atoms with Crippen molar-refractivity contribution in [3.63, 3.8) is 0 Å². The van der Waals surface area contributed by atoms with Crippen LogP contribution in [-0.4, -0.2) is 37.1 Å². The summed E-state index contributed by atoms with van der Waals surface area (Å²) in [6.07, 6.45) is 4.65. The highest BCUT2D eigenvalue weighted by Gasteiger charge is 2.27. The molecule has 1 fully saturated rings. The van der Waals surface area contributed by atoms with Crippen molar-refractivity contribution in [1.29, 1.82) is 0 Å². The molecule has 3 heteroatoms. The van der Waals surface area contributed by atoms with E-state index in [1.807, 2.05) is 6.92 Å². The zero-order valence-corrected chi connectivity index (χ0v) is 11.6. The standard InChI is InChI=1S/C14H27NO2/c1-4-7-12(3)10-15-9-6-8-13(11-15)14(16)17-5-2/h12-13H,4-11H2,1-3H3. The lowest BCUT2D eigenvalue weighted by molar-refractivity contribution is -0.150. The predicted octanol–water partition coefficient (Wildman–Crippen LogP) is 2.70. The molecule has 0 radical (unpaired) electrons. The van der Waals surface area contributed by atoms with Gasteiger partial charge in [0.15, 0.2) is 0 Å². The van der Waals surface area contributed by atoms with Gasteiger partial charge in [-0.05, 0) is 38.6 Å². The molecule has 1 rings (SSSR count). The molecule has 0 aliphatic carbocycles. The van der Waals surface area contributed by atoms with Crippen molar-refractivity contribution in [2.24, 2.45) is 11.8 Å². The second-order valence-electron chi connectivity index (χ2n) is 5.24. The molecular weight excluding hydrogens is 214 g/mol. The van der Waals surface area contributed by atoms with Crippen LogP contribution < -0.4 is 0 Å². The van der Waals surface area contributed by atoms with Gasteiger partial charge in [0.05, 0.1) is 12.5 Å². The van der Waals surface area contributed by atoms with Crippen molar-refractivity contribution < 1.29 is 9.53 Å². The quantitative estimate of drug-likeness (QED) is 0.670. The number of esters is 1. The Hall–Kier alpha value is -0.570. The van der Waals surface area contributed by atoms with E-state index in [1.165, 1.54) is 12.8 Å². The number of hydrogen-bond acceptors (Lipinski definition) is 3. The summed E-state index contributed by atoms with van der Waals surface area (Å²) >= 11 is 0. The molecule has 1 saturated heterocycles. The van der Waals surface area contributed by atoms with Crippen LogP contribution in [0, 0.1) is 11.8 Å². The topological polar surface area (TPSA) is 29.5 Å². The fraction of sp³-hybridized carbons (Fsp3) is 0.929. The molecule has 2 unspecified atom stereocenters. The molecule has 0 aromatic rings. The summed E-state index contributed by atoms with van der Waals surface area (Å²) in [5.74, 6) is 0.846. The van der Waals surface area contributed by atoms with Crippen LogP contribution in [0.4, 0.5) is 0 Å². The number of rotatable bonds is 6. The van der Waals surface area contributed by atoms with E-state index in [0.29, 0.717) is 6.61 Å². The number of carbonyl (C=O) groups excluding carboxylic acids is 1. The Labute approximate surface area is 106 Å². The molecule has 0 spiro atoms. The molecule has 0 saturated carbocycles. The van der Waals surface area contributed by atoms with Gasteiger partial charge < -0.3 is 9.64 Å². The van der Waals surface area contributed by atoms with Crippen LogP contribution in [0.5, 0.6) is 0 Å². The number of piperidine rings is 1. The van der Waals surface area contributed by atoms with Crippen LogP contribution in [0.2, 0.25) is 0 Å². The minimum Gasteiger partial charge on any atom is -0.466 e. The molecule has 100 valence electrons. The van der Waals surface area contributed by atoms with Crippen LogP contribution >= 0.6 is 0 Å². The second-order valence-corrected chi connectivity index (χ2v) is 5.24. The number of likely N-dealkylation sites (tertiary alicyclic amines) is 1. The molecular formula is C14H27NO2. The average Bonchev–Trinajstić information content (AvgIpc) is 2.30. The lowest BCUT2D eigenvalue weighted by atomic mass is 9.96. The Morgan fingerprint density at radius 3 is 2.88 bits per heavy atom. The van der Waals surface area contributed by atoms with Gasteiger partial charge in [0, 0.05) is 13.1 Å². The second kappa shape index (κ2) is 7.70. The smallest absolute Gasteiger partial charge is 0.310 e. The first-order chi connectivity index (χ1) is 8.17. The molecule has 1 aliphatic rings. The Kier molecular flexibility index (Phi) is 6.56. The summed E-state index contributed by atoms with van der Waals surface area (Å²) in [7, 11) is 0. The van der Waals surface area contributed by atoms with Gasteiger partial charge in [0.2, 0.25) is 0 Å². The predicted molar refractivity (Wildman–Crippen MR) is 69.9 cm³/mol. The van der Waals surface area contributed by atoms with Gasteiger partial charge in [-0.1, -0.05) is 20.3 Å². The van der Waals surface area contributed by atoms with Crippen molar-refractivity contribution in [2.45, 2.75) is 46.5 Å². The van der Waals surface area contributed by atoms with E-state index in [-0.39, 0.29) is 11.9 Å². The molecule has 3 nitrogen and oxygen atoms in total. The Balaban J connectivity index is 2.35. The van der Waals surface area contributed by atoms with E-state index in [4.69, 9.17) is 4.74 Å². The van der Waals surface area contributed by atoms with Crippen LogP contribution in [0.1, 0.15) is 46.5 Å². The van der Waals surface area contributed by atoms with E-state index < -0.39 is 0 Å². The van der Waals surface area contributed by atoms with E-state index in [9.17, 15) is 4.79 Å². The fourth-order valence-electron chi connectivity index (χ4n) is 2.70. The molecule has 0 bridgehead atoms. The Morgan fingerprint density at radius 2 is 2.24 bits per heavy atom.